The minimum Gasteiger partial charge on any atom is -0.468 e. The third-order valence-corrected chi connectivity index (χ3v) is 1.91. The monoisotopic (exact) mass is 206 g/mol. The number of ether oxygens (including phenoxy) is 1. The lowest BCUT2D eigenvalue weighted by atomic mass is 10.3. The summed E-state index contributed by atoms with van der Waals surface area (Å²) in [5.41, 5.74) is 1.44. The Bertz CT molecular complexity index is 445. The summed E-state index contributed by atoms with van der Waals surface area (Å²) in [6.07, 6.45) is 0. The quantitative estimate of drug-likeness (QED) is 0.769. The topological polar surface area (TPSA) is 64.4 Å². The molecule has 0 aliphatic heterocycles. The summed E-state index contributed by atoms with van der Waals surface area (Å²) in [7, 11) is 1.33. The second-order valence-electron chi connectivity index (χ2n) is 2.92. The zero-order chi connectivity index (χ0) is 10.7. The lowest BCUT2D eigenvalue weighted by Gasteiger charge is -1.98. The number of methoxy groups -OCH3 is 1. The van der Waals surface area contributed by atoms with E-state index in [1.165, 1.54) is 7.11 Å². The molecule has 1 aromatic heterocycles. The second-order valence-corrected chi connectivity index (χ2v) is 2.92. The summed E-state index contributed by atoms with van der Waals surface area (Å²) < 4.78 is 9.81. The van der Waals surface area contributed by atoms with Crippen LogP contribution in [0.2, 0.25) is 0 Å². The maximum Gasteiger partial charge on any atom is 0.325 e. The Hall–Kier alpha value is -2.04. The Morgan fingerprint density at radius 3 is 3.07 bits per heavy atom. The number of esters is 1. The SMILES string of the molecule is COC(=O)CNc1nc2ccccc2o1. The van der Waals surface area contributed by atoms with Crippen molar-refractivity contribution in [1.29, 1.82) is 0 Å². The average molecular weight is 206 g/mol. The Balaban J connectivity index is 2.12. The molecule has 2 rings (SSSR count). The number of carbonyl (C=O) groups is 1. The molecule has 0 saturated carbocycles. The summed E-state index contributed by atoms with van der Waals surface area (Å²) in [4.78, 5) is 15.0. The minimum absolute atomic E-state index is 0.0450. The second kappa shape index (κ2) is 4.00. The number of para-hydroxylation sites is 2. The van der Waals surface area contributed by atoms with Crippen LogP contribution >= 0.6 is 0 Å². The van der Waals surface area contributed by atoms with E-state index in [4.69, 9.17) is 4.42 Å². The fraction of sp³-hybridized carbons (Fsp3) is 0.200. The Kier molecular flexibility index (Phi) is 2.53. The lowest BCUT2D eigenvalue weighted by molar-refractivity contribution is -0.138. The zero-order valence-electron chi connectivity index (χ0n) is 8.19. The molecule has 0 radical (unpaired) electrons. The van der Waals surface area contributed by atoms with Crippen molar-refractivity contribution in [2.24, 2.45) is 0 Å². The molecular formula is C10H10N2O3. The number of benzene rings is 1. The van der Waals surface area contributed by atoms with Gasteiger partial charge in [-0.2, -0.15) is 4.98 Å². The molecular weight excluding hydrogens is 196 g/mol. The molecule has 0 amide bonds. The van der Waals surface area contributed by atoms with Crippen molar-refractivity contribution >= 4 is 23.1 Å². The normalized spacial score (nSPS) is 10.2. The van der Waals surface area contributed by atoms with Gasteiger partial charge in [0.05, 0.1) is 7.11 Å². The summed E-state index contributed by atoms with van der Waals surface area (Å²) in [6.45, 7) is 0.0450. The molecule has 0 aliphatic rings. The molecule has 5 heteroatoms. The highest BCUT2D eigenvalue weighted by Gasteiger charge is 2.06. The maximum absolute atomic E-state index is 10.8. The van der Waals surface area contributed by atoms with Gasteiger partial charge in [0.15, 0.2) is 5.58 Å². The first-order chi connectivity index (χ1) is 7.29. The van der Waals surface area contributed by atoms with Gasteiger partial charge in [-0.05, 0) is 12.1 Å². The van der Waals surface area contributed by atoms with Crippen molar-refractivity contribution in [2.45, 2.75) is 0 Å². The third-order valence-electron chi connectivity index (χ3n) is 1.91. The first-order valence-corrected chi connectivity index (χ1v) is 4.46. The Morgan fingerprint density at radius 1 is 1.53 bits per heavy atom. The standard InChI is InChI=1S/C10H10N2O3/c1-14-9(13)6-11-10-12-7-4-2-3-5-8(7)15-10/h2-5H,6H2,1H3,(H,11,12). The van der Waals surface area contributed by atoms with Crippen LogP contribution in [0.15, 0.2) is 28.7 Å². The van der Waals surface area contributed by atoms with Gasteiger partial charge in [0.2, 0.25) is 0 Å². The summed E-state index contributed by atoms with van der Waals surface area (Å²) in [5, 5.41) is 2.73. The highest BCUT2D eigenvalue weighted by molar-refractivity contribution is 5.76. The van der Waals surface area contributed by atoms with Crippen LogP contribution in [0, 0.1) is 0 Å². The van der Waals surface area contributed by atoms with Gasteiger partial charge in [0.25, 0.3) is 6.01 Å². The van der Waals surface area contributed by atoms with Gasteiger partial charge in [-0.3, -0.25) is 4.79 Å². The molecule has 0 aliphatic carbocycles. The van der Waals surface area contributed by atoms with Crippen molar-refractivity contribution < 1.29 is 13.9 Å². The largest absolute Gasteiger partial charge is 0.468 e. The van der Waals surface area contributed by atoms with Crippen LogP contribution in [0.5, 0.6) is 0 Å². The molecule has 1 N–H and O–H groups in total. The van der Waals surface area contributed by atoms with Crippen molar-refractivity contribution in [3.63, 3.8) is 0 Å². The summed E-state index contributed by atoms with van der Waals surface area (Å²) >= 11 is 0. The molecule has 0 saturated heterocycles. The molecule has 0 bridgehead atoms. The predicted octanol–water partition coefficient (Wildman–Crippen LogP) is 1.41. The third kappa shape index (κ3) is 2.07. The van der Waals surface area contributed by atoms with Gasteiger partial charge in [0.1, 0.15) is 12.1 Å². The molecule has 0 fully saturated rings. The first kappa shape index (κ1) is 9.51. The fourth-order valence-corrected chi connectivity index (χ4v) is 1.17. The van der Waals surface area contributed by atoms with E-state index in [1.807, 2.05) is 24.3 Å². The van der Waals surface area contributed by atoms with Crippen LogP contribution in [0.4, 0.5) is 6.01 Å². The molecule has 0 spiro atoms. The van der Waals surface area contributed by atoms with Crippen LogP contribution in [-0.2, 0) is 9.53 Å². The van der Waals surface area contributed by atoms with Crippen LogP contribution in [0.1, 0.15) is 0 Å². The van der Waals surface area contributed by atoms with Gasteiger partial charge in [-0.25, -0.2) is 0 Å². The number of hydrogen-bond donors (Lipinski definition) is 1. The van der Waals surface area contributed by atoms with Crippen molar-refractivity contribution in [1.82, 2.24) is 4.98 Å². The number of rotatable bonds is 3. The van der Waals surface area contributed by atoms with E-state index in [1.54, 1.807) is 0 Å². The highest BCUT2D eigenvalue weighted by atomic mass is 16.5. The van der Waals surface area contributed by atoms with E-state index in [2.05, 4.69) is 15.0 Å². The van der Waals surface area contributed by atoms with Gasteiger partial charge in [0, 0.05) is 0 Å². The van der Waals surface area contributed by atoms with Crippen molar-refractivity contribution in [3.05, 3.63) is 24.3 Å². The molecule has 5 nitrogen and oxygen atoms in total. The molecule has 0 atom stereocenters. The van der Waals surface area contributed by atoms with Crippen LogP contribution in [0.3, 0.4) is 0 Å². The summed E-state index contributed by atoms with van der Waals surface area (Å²) in [6, 6.07) is 7.70. The fourth-order valence-electron chi connectivity index (χ4n) is 1.17. The Labute approximate surface area is 86.0 Å². The summed E-state index contributed by atoms with van der Waals surface area (Å²) in [5.74, 6) is -0.364. The minimum atomic E-state index is -0.364. The number of nitrogens with one attached hydrogen (secondary N) is 1. The van der Waals surface area contributed by atoms with E-state index in [0.29, 0.717) is 11.6 Å². The van der Waals surface area contributed by atoms with Gasteiger partial charge < -0.3 is 14.5 Å². The molecule has 78 valence electrons. The molecule has 0 unspecified atom stereocenters. The van der Waals surface area contributed by atoms with E-state index in [9.17, 15) is 4.79 Å². The van der Waals surface area contributed by atoms with Gasteiger partial charge in [-0.15, -0.1) is 0 Å². The smallest absolute Gasteiger partial charge is 0.325 e. The van der Waals surface area contributed by atoms with Crippen LogP contribution in [0.25, 0.3) is 11.1 Å². The predicted molar refractivity (Wildman–Crippen MR) is 54.5 cm³/mol. The number of aromatic nitrogens is 1. The van der Waals surface area contributed by atoms with Crippen molar-refractivity contribution in [2.75, 3.05) is 19.0 Å². The molecule has 15 heavy (non-hydrogen) atoms. The van der Waals surface area contributed by atoms with E-state index in [0.717, 1.165) is 5.52 Å². The van der Waals surface area contributed by atoms with Gasteiger partial charge in [-0.1, -0.05) is 12.1 Å². The molecule has 1 aromatic carbocycles. The van der Waals surface area contributed by atoms with Crippen molar-refractivity contribution in [3.8, 4) is 0 Å². The average Bonchev–Trinajstić information content (AvgIpc) is 2.68. The molecule has 1 heterocycles. The Morgan fingerprint density at radius 2 is 2.33 bits per heavy atom. The first-order valence-electron chi connectivity index (χ1n) is 4.46. The van der Waals surface area contributed by atoms with E-state index in [-0.39, 0.29) is 12.5 Å². The van der Waals surface area contributed by atoms with Gasteiger partial charge >= 0.3 is 5.97 Å². The number of fused-ring (bicyclic) bond motifs is 1. The molecule has 2 aromatic rings. The van der Waals surface area contributed by atoms with Crippen LogP contribution < -0.4 is 5.32 Å². The zero-order valence-corrected chi connectivity index (χ0v) is 8.19. The number of anilines is 1. The number of hydrogen-bond acceptors (Lipinski definition) is 5. The number of nitrogens with zero attached hydrogens (tertiary/aromatic N) is 1. The highest BCUT2D eigenvalue weighted by Crippen LogP contribution is 2.17. The maximum atomic E-state index is 10.8. The van der Waals surface area contributed by atoms with E-state index < -0.39 is 0 Å². The number of carbonyl (C=O) groups excluding carboxylic acids is 1. The van der Waals surface area contributed by atoms with E-state index >= 15 is 0 Å². The lowest BCUT2D eigenvalue weighted by Crippen LogP contribution is -2.14. The van der Waals surface area contributed by atoms with Crippen LogP contribution in [-0.4, -0.2) is 24.6 Å². The number of oxazole rings is 1.